The Kier molecular flexibility index (Phi) is 7.57. The molecule has 0 radical (unpaired) electrons. The second kappa shape index (κ2) is 10.2. The van der Waals surface area contributed by atoms with E-state index in [1.807, 2.05) is 0 Å². The van der Waals surface area contributed by atoms with Crippen LogP contribution >= 0.6 is 23.5 Å². The number of carbonyl (C=O) groups is 5. The zero-order valence-corrected chi connectivity index (χ0v) is 23.2. The van der Waals surface area contributed by atoms with Crippen LogP contribution in [0.25, 0.3) is 0 Å². The maximum absolute atomic E-state index is 13.6. The number of fused-ring (bicyclic) bond motifs is 1. The van der Waals surface area contributed by atoms with Crippen molar-refractivity contribution in [3.63, 3.8) is 0 Å². The molecule has 3 heterocycles. The molecule has 1 aromatic rings. The fourth-order valence-electron chi connectivity index (χ4n) is 5.07. The molecule has 3 aliphatic heterocycles. The normalized spacial score (nSPS) is 30.0. The van der Waals surface area contributed by atoms with Gasteiger partial charge in [0, 0.05) is 9.49 Å². The summed E-state index contributed by atoms with van der Waals surface area (Å²) in [6.45, 7) is 6.81. The van der Waals surface area contributed by atoms with Crippen LogP contribution in [0.5, 0.6) is 5.75 Å². The average molecular weight is 582 g/mol. The van der Waals surface area contributed by atoms with E-state index >= 15 is 0 Å². The number of phenolic OH excluding ortho intramolecular Hbond substituents is 1. The number of aliphatic carboxylic acids is 2. The third kappa shape index (κ3) is 5.27. The number of nitrogens with one attached hydrogen (secondary N) is 3. The summed E-state index contributed by atoms with van der Waals surface area (Å²) in [4.78, 5) is 64.5. The standard InChI is InChI=1S/C24H31N5O8S2/c1-23(2)14(21(34)35)28-18(38-23)12(26-16(31)11(25)9-5-7-10(30)8-6-9)17(32)27-13-19(33)29-15(22(36)37)24(3,4)39-20(13)29/h5-8,11-15,18,20,28,30H,25H2,1-4H3,(H,26,31)(H,27,32)(H,34,35)(H,36,37)/t11-,12-,13-,14?,15?,18-,20-/m1/s1. The summed E-state index contributed by atoms with van der Waals surface area (Å²) in [5.41, 5.74) is 6.47. The van der Waals surface area contributed by atoms with E-state index in [1.54, 1.807) is 27.7 Å². The molecule has 3 aliphatic rings. The van der Waals surface area contributed by atoms with Gasteiger partial charge in [-0.25, -0.2) is 4.79 Å². The highest BCUT2D eigenvalue weighted by Gasteiger charge is 2.64. The van der Waals surface area contributed by atoms with Gasteiger partial charge in [0.15, 0.2) is 0 Å². The molecule has 4 rings (SSSR count). The molecule has 3 amide bonds. The number of aromatic hydroxyl groups is 1. The first-order valence-corrected chi connectivity index (χ1v) is 13.9. The summed E-state index contributed by atoms with van der Waals surface area (Å²) in [5, 5.41) is 35.5. The molecular weight excluding hydrogens is 550 g/mol. The minimum absolute atomic E-state index is 0.0191. The van der Waals surface area contributed by atoms with Crippen molar-refractivity contribution < 1.29 is 39.3 Å². The zero-order valence-electron chi connectivity index (χ0n) is 21.6. The quantitative estimate of drug-likeness (QED) is 0.192. The molecule has 212 valence electrons. The molecule has 2 unspecified atom stereocenters. The van der Waals surface area contributed by atoms with Crippen molar-refractivity contribution in [1.29, 1.82) is 0 Å². The number of carboxylic acids is 2. The van der Waals surface area contributed by atoms with Crippen LogP contribution < -0.4 is 21.7 Å². The summed E-state index contributed by atoms with van der Waals surface area (Å²) in [7, 11) is 0. The number of phenols is 1. The summed E-state index contributed by atoms with van der Waals surface area (Å²) >= 11 is 2.41. The summed E-state index contributed by atoms with van der Waals surface area (Å²) in [5.74, 6) is -4.33. The van der Waals surface area contributed by atoms with Gasteiger partial charge >= 0.3 is 11.9 Å². The summed E-state index contributed by atoms with van der Waals surface area (Å²) < 4.78 is -1.64. The van der Waals surface area contributed by atoms with Gasteiger partial charge in [-0.15, -0.1) is 23.5 Å². The average Bonchev–Trinajstić information content (AvgIpc) is 3.30. The van der Waals surface area contributed by atoms with E-state index in [1.165, 1.54) is 40.9 Å². The van der Waals surface area contributed by atoms with Crippen LogP contribution in [0.15, 0.2) is 24.3 Å². The van der Waals surface area contributed by atoms with Crippen LogP contribution in [0.4, 0.5) is 0 Å². The van der Waals surface area contributed by atoms with Crippen LogP contribution in [0.1, 0.15) is 39.3 Å². The summed E-state index contributed by atoms with van der Waals surface area (Å²) in [6, 6.07) is -0.0123. The third-order valence-electron chi connectivity index (χ3n) is 7.09. The maximum atomic E-state index is 13.6. The second-order valence-corrected chi connectivity index (χ2v) is 14.3. The minimum Gasteiger partial charge on any atom is -0.508 e. The van der Waals surface area contributed by atoms with Gasteiger partial charge in [0.05, 0.1) is 5.37 Å². The molecule has 0 aliphatic carbocycles. The first-order valence-electron chi connectivity index (χ1n) is 12.1. The molecule has 1 aromatic carbocycles. The van der Waals surface area contributed by atoms with Crippen LogP contribution in [-0.2, 0) is 24.0 Å². The van der Waals surface area contributed by atoms with Gasteiger partial charge in [-0.05, 0) is 45.4 Å². The largest absolute Gasteiger partial charge is 0.508 e. The fourth-order valence-corrected chi connectivity index (χ4v) is 8.19. The van der Waals surface area contributed by atoms with Crippen LogP contribution in [-0.4, -0.2) is 94.3 Å². The van der Waals surface area contributed by atoms with Gasteiger partial charge in [0.1, 0.15) is 41.3 Å². The zero-order chi connectivity index (χ0) is 29.0. The minimum atomic E-state index is -1.33. The number of nitrogens with zero attached hydrogens (tertiary/aromatic N) is 1. The fraction of sp³-hybridized carbons (Fsp3) is 0.542. The molecule has 0 spiro atoms. The van der Waals surface area contributed by atoms with E-state index in [2.05, 4.69) is 16.0 Å². The number of carboxylic acid groups (broad SMARTS) is 2. The second-order valence-electron chi connectivity index (χ2n) is 10.7. The van der Waals surface area contributed by atoms with E-state index in [4.69, 9.17) is 5.73 Å². The molecule has 8 N–H and O–H groups in total. The lowest BCUT2D eigenvalue weighted by atomic mass is 9.96. The molecule has 0 saturated carbocycles. The molecule has 0 aromatic heterocycles. The lowest BCUT2D eigenvalue weighted by Crippen LogP contribution is -2.72. The van der Waals surface area contributed by atoms with Crippen molar-refractivity contribution in [3.8, 4) is 5.75 Å². The number of carbonyl (C=O) groups excluding carboxylic acids is 3. The molecule has 13 nitrogen and oxygen atoms in total. The van der Waals surface area contributed by atoms with Gasteiger partial charge in [-0.3, -0.25) is 24.5 Å². The van der Waals surface area contributed by atoms with Crippen molar-refractivity contribution in [2.45, 2.75) is 78.1 Å². The van der Waals surface area contributed by atoms with Gasteiger partial charge in [0.25, 0.3) is 0 Å². The van der Waals surface area contributed by atoms with Crippen molar-refractivity contribution in [2.24, 2.45) is 5.73 Å². The monoisotopic (exact) mass is 581 g/mol. The number of hydrogen-bond donors (Lipinski definition) is 7. The first kappa shape index (κ1) is 29.0. The number of hydrogen-bond acceptors (Lipinski definition) is 10. The Labute approximate surface area is 232 Å². The highest BCUT2D eigenvalue weighted by molar-refractivity contribution is 8.02. The topological polar surface area (TPSA) is 211 Å². The Hall–Kier alpha value is -3.01. The molecule has 3 fully saturated rings. The predicted molar refractivity (Wildman–Crippen MR) is 143 cm³/mol. The van der Waals surface area contributed by atoms with Crippen molar-refractivity contribution in [3.05, 3.63) is 29.8 Å². The lowest BCUT2D eigenvalue weighted by Gasteiger charge is -2.44. The van der Waals surface area contributed by atoms with Gasteiger partial charge in [-0.1, -0.05) is 12.1 Å². The first-order chi connectivity index (χ1) is 18.0. The van der Waals surface area contributed by atoms with Gasteiger partial charge in [0.2, 0.25) is 17.7 Å². The Balaban J connectivity index is 1.55. The molecule has 3 saturated heterocycles. The van der Waals surface area contributed by atoms with E-state index < -0.39 is 80.1 Å². The Bertz CT molecular complexity index is 1210. The van der Waals surface area contributed by atoms with Crippen LogP contribution in [0.3, 0.4) is 0 Å². The maximum Gasteiger partial charge on any atom is 0.327 e. The number of amides is 3. The van der Waals surface area contributed by atoms with Crippen molar-refractivity contribution >= 4 is 53.2 Å². The molecule has 0 bridgehead atoms. The number of rotatable bonds is 8. The highest BCUT2D eigenvalue weighted by atomic mass is 32.2. The van der Waals surface area contributed by atoms with E-state index in [9.17, 15) is 39.3 Å². The smallest absolute Gasteiger partial charge is 0.327 e. The van der Waals surface area contributed by atoms with Gasteiger partial charge in [-0.2, -0.15) is 0 Å². The van der Waals surface area contributed by atoms with Crippen molar-refractivity contribution in [2.75, 3.05) is 0 Å². The highest BCUT2D eigenvalue weighted by Crippen LogP contribution is 2.51. The Morgan fingerprint density at radius 1 is 1.00 bits per heavy atom. The third-order valence-corrected chi connectivity index (χ3v) is 10.2. The lowest BCUT2D eigenvalue weighted by molar-refractivity contribution is -0.161. The SMILES string of the molecule is CC1(C)S[C@H]([C@H](NC(=O)[C@H](N)c2ccc(O)cc2)C(=O)N[C@@H]2C(=O)N3C(C(=O)O)C(C)(C)S[C@H]23)NC1C(=O)O. The van der Waals surface area contributed by atoms with Crippen LogP contribution in [0.2, 0.25) is 0 Å². The van der Waals surface area contributed by atoms with E-state index in [0.29, 0.717) is 5.56 Å². The predicted octanol–water partition coefficient (Wildman–Crippen LogP) is -0.597. The Morgan fingerprint density at radius 3 is 2.15 bits per heavy atom. The molecule has 7 atom stereocenters. The van der Waals surface area contributed by atoms with Gasteiger partial charge < -0.3 is 36.6 Å². The summed E-state index contributed by atoms with van der Waals surface area (Å²) in [6.07, 6.45) is 0. The number of thioether (sulfide) groups is 2. The van der Waals surface area contributed by atoms with E-state index in [0.717, 1.165) is 11.8 Å². The van der Waals surface area contributed by atoms with Crippen LogP contribution in [0, 0.1) is 0 Å². The van der Waals surface area contributed by atoms with E-state index in [-0.39, 0.29) is 5.75 Å². The Morgan fingerprint density at radius 2 is 1.62 bits per heavy atom. The number of nitrogens with two attached hydrogens (primary N) is 1. The molecule has 39 heavy (non-hydrogen) atoms. The van der Waals surface area contributed by atoms with Crippen molar-refractivity contribution in [1.82, 2.24) is 20.9 Å². The number of benzene rings is 1. The number of β-lactam (4-membered cyclic amide) rings is 1. The molecular formula is C24H31N5O8S2. The molecule has 15 heteroatoms.